The third-order valence-corrected chi connectivity index (χ3v) is 4.06. The number of hydrogen-bond donors (Lipinski definition) is 2. The Balaban J connectivity index is 2.34. The number of benzene rings is 1. The average molecular weight is 264 g/mol. The first kappa shape index (κ1) is 13.0. The van der Waals surface area contributed by atoms with E-state index in [1.54, 1.807) is 11.3 Å². The van der Waals surface area contributed by atoms with E-state index in [9.17, 15) is 4.79 Å². The van der Waals surface area contributed by atoms with E-state index >= 15 is 0 Å². The molecule has 0 aliphatic heterocycles. The molecule has 1 aromatic heterocycles. The molecule has 0 radical (unpaired) electrons. The number of aromatic nitrogens is 1. The largest absolute Gasteiger partial charge is 0.481 e. The summed E-state index contributed by atoms with van der Waals surface area (Å²) < 4.78 is 1.07. The molecule has 2 aromatic rings. The Kier molecular flexibility index (Phi) is 3.63. The molecule has 0 aliphatic carbocycles. The van der Waals surface area contributed by atoms with Crippen molar-refractivity contribution in [2.45, 2.75) is 32.2 Å². The maximum Gasteiger partial charge on any atom is 0.305 e. The van der Waals surface area contributed by atoms with Gasteiger partial charge in [-0.1, -0.05) is 19.9 Å². The van der Waals surface area contributed by atoms with Crippen molar-refractivity contribution in [2.75, 3.05) is 0 Å². The summed E-state index contributed by atoms with van der Waals surface area (Å²) in [5.74, 6) is -0.478. The highest BCUT2D eigenvalue weighted by atomic mass is 32.1. The highest BCUT2D eigenvalue weighted by Crippen LogP contribution is 2.29. The molecule has 5 heteroatoms. The predicted molar refractivity (Wildman–Crippen MR) is 72.9 cm³/mol. The molecular weight excluding hydrogens is 248 g/mol. The molecule has 0 bridgehead atoms. The minimum atomic E-state index is -0.880. The number of carboxylic acid groups (broad SMARTS) is 1. The number of thiazole rings is 1. The van der Waals surface area contributed by atoms with Gasteiger partial charge in [0.2, 0.25) is 0 Å². The molecule has 1 aromatic carbocycles. The summed E-state index contributed by atoms with van der Waals surface area (Å²) in [6.07, 6.45) is -0.0542. The topological polar surface area (TPSA) is 76.2 Å². The van der Waals surface area contributed by atoms with Gasteiger partial charge in [0.1, 0.15) is 0 Å². The van der Waals surface area contributed by atoms with Crippen LogP contribution in [0.1, 0.15) is 42.8 Å². The first-order valence-electron chi connectivity index (χ1n) is 5.85. The van der Waals surface area contributed by atoms with E-state index in [1.807, 2.05) is 18.2 Å². The van der Waals surface area contributed by atoms with Crippen LogP contribution in [0.15, 0.2) is 18.2 Å². The van der Waals surface area contributed by atoms with Crippen LogP contribution in [0.3, 0.4) is 0 Å². The van der Waals surface area contributed by atoms with E-state index in [-0.39, 0.29) is 6.42 Å². The number of nitrogens with zero attached hydrogens (tertiary/aromatic N) is 1. The molecule has 0 aliphatic rings. The molecule has 0 spiro atoms. The summed E-state index contributed by atoms with van der Waals surface area (Å²) in [7, 11) is 0. The van der Waals surface area contributed by atoms with Gasteiger partial charge >= 0.3 is 5.97 Å². The minimum absolute atomic E-state index is 0.0542. The van der Waals surface area contributed by atoms with Crippen molar-refractivity contribution in [1.82, 2.24) is 4.98 Å². The highest BCUT2D eigenvalue weighted by Gasteiger charge is 2.13. The second kappa shape index (κ2) is 5.04. The summed E-state index contributed by atoms with van der Waals surface area (Å²) in [5.41, 5.74) is 7.66. The van der Waals surface area contributed by atoms with Gasteiger partial charge in [0.05, 0.1) is 21.6 Å². The van der Waals surface area contributed by atoms with Crippen molar-refractivity contribution in [1.29, 1.82) is 0 Å². The lowest BCUT2D eigenvalue weighted by atomic mass is 10.0. The number of carboxylic acids is 1. The Morgan fingerprint density at radius 3 is 2.83 bits per heavy atom. The van der Waals surface area contributed by atoms with E-state index < -0.39 is 12.0 Å². The molecule has 4 nitrogen and oxygen atoms in total. The Labute approximate surface area is 109 Å². The zero-order chi connectivity index (χ0) is 13.3. The number of rotatable bonds is 4. The molecule has 0 saturated heterocycles. The first-order chi connectivity index (χ1) is 8.47. The Hall–Kier alpha value is -1.46. The van der Waals surface area contributed by atoms with Gasteiger partial charge < -0.3 is 10.8 Å². The third-order valence-electron chi connectivity index (χ3n) is 2.75. The lowest BCUT2D eigenvalue weighted by Gasteiger charge is -2.08. The monoisotopic (exact) mass is 264 g/mol. The fourth-order valence-corrected chi connectivity index (χ4v) is 2.76. The van der Waals surface area contributed by atoms with Crippen molar-refractivity contribution in [2.24, 2.45) is 5.73 Å². The van der Waals surface area contributed by atoms with Crippen LogP contribution in [-0.2, 0) is 4.79 Å². The van der Waals surface area contributed by atoms with Crippen molar-refractivity contribution in [3.8, 4) is 0 Å². The normalized spacial score (nSPS) is 13.1. The maximum absolute atomic E-state index is 10.7. The van der Waals surface area contributed by atoms with Crippen molar-refractivity contribution >= 4 is 27.5 Å². The summed E-state index contributed by atoms with van der Waals surface area (Å²) in [4.78, 5) is 15.2. The van der Waals surface area contributed by atoms with Crippen LogP contribution in [-0.4, -0.2) is 16.1 Å². The molecule has 0 fully saturated rings. The summed E-state index contributed by atoms with van der Waals surface area (Å²) in [5, 5.41) is 9.84. The van der Waals surface area contributed by atoms with E-state index in [0.717, 1.165) is 20.8 Å². The molecular formula is C13H16N2O2S. The van der Waals surface area contributed by atoms with Gasteiger partial charge in [0, 0.05) is 12.0 Å². The number of nitrogens with two attached hydrogens (primary N) is 1. The van der Waals surface area contributed by atoms with Gasteiger partial charge in [-0.05, 0) is 17.7 Å². The van der Waals surface area contributed by atoms with Crippen LogP contribution < -0.4 is 5.73 Å². The molecule has 18 heavy (non-hydrogen) atoms. The maximum atomic E-state index is 10.7. The SMILES string of the molecule is CC(C)c1nc2ccc(C(N)CC(=O)O)cc2s1. The lowest BCUT2D eigenvalue weighted by Crippen LogP contribution is -2.14. The van der Waals surface area contributed by atoms with E-state index in [1.165, 1.54) is 0 Å². The van der Waals surface area contributed by atoms with Crippen LogP contribution >= 0.6 is 11.3 Å². The Morgan fingerprint density at radius 1 is 1.50 bits per heavy atom. The van der Waals surface area contributed by atoms with Gasteiger partial charge in [0.15, 0.2) is 0 Å². The fraction of sp³-hybridized carbons (Fsp3) is 0.385. The highest BCUT2D eigenvalue weighted by molar-refractivity contribution is 7.18. The van der Waals surface area contributed by atoms with Crippen LogP contribution in [0.4, 0.5) is 0 Å². The second-order valence-corrected chi connectivity index (χ2v) is 5.70. The molecule has 3 N–H and O–H groups in total. The van der Waals surface area contributed by atoms with Crippen LogP contribution in [0, 0.1) is 0 Å². The molecule has 2 rings (SSSR count). The zero-order valence-corrected chi connectivity index (χ0v) is 11.2. The summed E-state index contributed by atoms with van der Waals surface area (Å²) in [6, 6.07) is 5.26. The van der Waals surface area contributed by atoms with Gasteiger partial charge in [0.25, 0.3) is 0 Å². The number of hydrogen-bond acceptors (Lipinski definition) is 4. The van der Waals surface area contributed by atoms with E-state index in [2.05, 4.69) is 18.8 Å². The van der Waals surface area contributed by atoms with Crippen molar-refractivity contribution in [3.05, 3.63) is 28.8 Å². The van der Waals surface area contributed by atoms with E-state index in [0.29, 0.717) is 5.92 Å². The smallest absolute Gasteiger partial charge is 0.305 e. The molecule has 96 valence electrons. The van der Waals surface area contributed by atoms with Crippen molar-refractivity contribution < 1.29 is 9.90 Å². The van der Waals surface area contributed by atoms with Crippen LogP contribution in [0.25, 0.3) is 10.2 Å². The summed E-state index contributed by atoms with van der Waals surface area (Å²) >= 11 is 1.64. The van der Waals surface area contributed by atoms with Crippen LogP contribution in [0.2, 0.25) is 0 Å². The average Bonchev–Trinajstić information content (AvgIpc) is 2.70. The van der Waals surface area contributed by atoms with Gasteiger partial charge in [-0.25, -0.2) is 4.98 Å². The number of aliphatic carboxylic acids is 1. The number of fused-ring (bicyclic) bond motifs is 1. The van der Waals surface area contributed by atoms with Gasteiger partial charge in [-0.3, -0.25) is 4.79 Å². The van der Waals surface area contributed by atoms with Crippen molar-refractivity contribution in [3.63, 3.8) is 0 Å². The molecule has 0 amide bonds. The molecule has 1 unspecified atom stereocenters. The zero-order valence-electron chi connectivity index (χ0n) is 10.4. The summed E-state index contributed by atoms with van der Waals surface area (Å²) in [6.45, 7) is 4.21. The lowest BCUT2D eigenvalue weighted by molar-refractivity contribution is -0.137. The minimum Gasteiger partial charge on any atom is -0.481 e. The van der Waals surface area contributed by atoms with Gasteiger partial charge in [-0.2, -0.15) is 0 Å². The quantitative estimate of drug-likeness (QED) is 0.890. The molecule has 1 atom stereocenters. The molecule has 1 heterocycles. The Morgan fingerprint density at radius 2 is 2.22 bits per heavy atom. The number of carbonyl (C=O) groups is 1. The van der Waals surface area contributed by atoms with Crippen LogP contribution in [0.5, 0.6) is 0 Å². The molecule has 0 saturated carbocycles. The standard InChI is InChI=1S/C13H16N2O2S/c1-7(2)13-15-10-4-3-8(5-11(10)18-13)9(14)6-12(16)17/h3-5,7,9H,6,14H2,1-2H3,(H,16,17). The van der Waals surface area contributed by atoms with E-state index in [4.69, 9.17) is 10.8 Å². The second-order valence-electron chi connectivity index (χ2n) is 4.64. The van der Waals surface area contributed by atoms with Gasteiger partial charge in [-0.15, -0.1) is 11.3 Å². The Bertz CT molecular complexity index is 577. The fourth-order valence-electron chi connectivity index (χ4n) is 1.74. The predicted octanol–water partition coefficient (Wildman–Crippen LogP) is 2.89. The first-order valence-corrected chi connectivity index (χ1v) is 6.66. The third kappa shape index (κ3) is 2.68.